The fraction of sp³-hybridized carbons (Fsp3) is 0.0909. The van der Waals surface area contributed by atoms with Gasteiger partial charge in [0, 0.05) is 11.8 Å². The summed E-state index contributed by atoms with van der Waals surface area (Å²) in [5.74, 6) is 0.251. The molecular weight excluding hydrogens is 222 g/mol. The Kier molecular flexibility index (Phi) is 3.25. The summed E-state index contributed by atoms with van der Waals surface area (Å²) in [5.41, 5.74) is 6.65. The van der Waals surface area contributed by atoms with E-state index in [1.165, 1.54) is 12.5 Å². The molecule has 1 heterocycles. The van der Waals surface area contributed by atoms with Crippen molar-refractivity contribution in [3.05, 3.63) is 36.7 Å². The van der Waals surface area contributed by atoms with Crippen molar-refractivity contribution in [3.63, 3.8) is 0 Å². The van der Waals surface area contributed by atoms with E-state index in [9.17, 15) is 4.79 Å². The van der Waals surface area contributed by atoms with Crippen LogP contribution in [0.25, 0.3) is 0 Å². The highest BCUT2D eigenvalue weighted by molar-refractivity contribution is 5.91. The van der Waals surface area contributed by atoms with E-state index in [-0.39, 0.29) is 12.5 Å². The van der Waals surface area contributed by atoms with Crippen LogP contribution in [-0.4, -0.2) is 17.7 Å². The second-order valence-electron chi connectivity index (χ2n) is 3.32. The van der Waals surface area contributed by atoms with E-state index in [4.69, 9.17) is 10.5 Å². The third-order valence-corrected chi connectivity index (χ3v) is 1.94. The number of hydrogen-bond acceptors (Lipinski definition) is 5. The largest absolute Gasteiger partial charge is 0.484 e. The average molecular weight is 233 g/mol. The van der Waals surface area contributed by atoms with Gasteiger partial charge in [0.25, 0.3) is 5.91 Å². The fourth-order valence-electron chi connectivity index (χ4n) is 1.22. The third kappa shape index (κ3) is 3.23. The van der Waals surface area contributed by atoms with E-state index in [2.05, 4.69) is 15.0 Å². The molecule has 1 aromatic heterocycles. The molecule has 88 valence electrons. The predicted molar refractivity (Wildman–Crippen MR) is 61.5 cm³/mol. The van der Waals surface area contributed by atoms with Crippen LogP contribution in [0.2, 0.25) is 0 Å². The van der Waals surface area contributed by atoms with Crippen molar-refractivity contribution >= 4 is 17.3 Å². The molecule has 0 spiro atoms. The van der Waals surface area contributed by atoms with Gasteiger partial charge in [-0.05, 0) is 12.1 Å². The molecule has 6 heteroatoms. The number of amides is 1. The SMILES string of the molecule is Nc1cccc(OCC(=O)Nc2cnoc2)c1. The number of rotatable bonds is 4. The lowest BCUT2D eigenvalue weighted by atomic mass is 10.3. The number of anilines is 2. The van der Waals surface area contributed by atoms with Crippen molar-refractivity contribution < 1.29 is 14.1 Å². The molecule has 6 nitrogen and oxygen atoms in total. The van der Waals surface area contributed by atoms with E-state index in [1.807, 2.05) is 0 Å². The first-order valence-corrected chi connectivity index (χ1v) is 4.91. The molecule has 2 aromatic rings. The third-order valence-electron chi connectivity index (χ3n) is 1.94. The lowest BCUT2D eigenvalue weighted by Gasteiger charge is -2.06. The fourth-order valence-corrected chi connectivity index (χ4v) is 1.22. The molecule has 1 aromatic carbocycles. The summed E-state index contributed by atoms with van der Waals surface area (Å²) < 4.78 is 9.83. The molecule has 0 radical (unpaired) electrons. The maximum absolute atomic E-state index is 11.4. The van der Waals surface area contributed by atoms with Gasteiger partial charge in [0.15, 0.2) is 6.61 Å². The van der Waals surface area contributed by atoms with E-state index >= 15 is 0 Å². The Morgan fingerprint density at radius 2 is 2.41 bits per heavy atom. The molecule has 0 aliphatic carbocycles. The standard InChI is InChI=1S/C11H11N3O3/c12-8-2-1-3-10(4-8)16-7-11(15)14-9-5-13-17-6-9/h1-6H,7,12H2,(H,14,15). The zero-order valence-electron chi connectivity index (χ0n) is 8.92. The highest BCUT2D eigenvalue weighted by atomic mass is 16.5. The summed E-state index contributed by atoms with van der Waals surface area (Å²) >= 11 is 0. The smallest absolute Gasteiger partial charge is 0.262 e. The minimum atomic E-state index is -0.296. The molecule has 0 unspecified atom stereocenters. The molecule has 17 heavy (non-hydrogen) atoms. The molecule has 2 rings (SSSR count). The summed E-state index contributed by atoms with van der Waals surface area (Å²) in [4.78, 5) is 11.4. The van der Waals surface area contributed by atoms with E-state index in [0.29, 0.717) is 17.1 Å². The van der Waals surface area contributed by atoms with Gasteiger partial charge in [0.1, 0.15) is 17.7 Å². The monoisotopic (exact) mass is 233 g/mol. The van der Waals surface area contributed by atoms with Gasteiger partial charge in [0.2, 0.25) is 0 Å². The van der Waals surface area contributed by atoms with Gasteiger partial charge in [-0.15, -0.1) is 0 Å². The number of carbonyl (C=O) groups is 1. The van der Waals surface area contributed by atoms with Crippen LogP contribution in [0, 0.1) is 0 Å². The number of hydrogen-bond donors (Lipinski definition) is 2. The molecule has 3 N–H and O–H groups in total. The number of benzene rings is 1. The Bertz CT molecular complexity index is 496. The Morgan fingerprint density at radius 3 is 3.12 bits per heavy atom. The second kappa shape index (κ2) is 5.02. The summed E-state index contributed by atoms with van der Waals surface area (Å²) in [5, 5.41) is 6.01. The molecule has 0 fully saturated rings. The summed E-state index contributed by atoms with van der Waals surface area (Å²) in [6, 6.07) is 6.86. The topological polar surface area (TPSA) is 90.4 Å². The first-order valence-electron chi connectivity index (χ1n) is 4.91. The number of carbonyl (C=O) groups excluding carboxylic acids is 1. The van der Waals surface area contributed by atoms with Gasteiger partial charge >= 0.3 is 0 Å². The van der Waals surface area contributed by atoms with Crippen LogP contribution in [0.5, 0.6) is 5.75 Å². The van der Waals surface area contributed by atoms with E-state index in [0.717, 1.165) is 0 Å². The lowest BCUT2D eigenvalue weighted by molar-refractivity contribution is -0.118. The van der Waals surface area contributed by atoms with E-state index in [1.54, 1.807) is 24.3 Å². The van der Waals surface area contributed by atoms with Crippen molar-refractivity contribution in [2.45, 2.75) is 0 Å². The maximum atomic E-state index is 11.4. The molecule has 0 aliphatic rings. The lowest BCUT2D eigenvalue weighted by Crippen LogP contribution is -2.19. The number of nitrogens with one attached hydrogen (secondary N) is 1. The Hall–Kier alpha value is -2.50. The van der Waals surface area contributed by atoms with Gasteiger partial charge < -0.3 is 20.3 Å². The number of aromatic nitrogens is 1. The quantitative estimate of drug-likeness (QED) is 0.776. The minimum absolute atomic E-state index is 0.103. The highest BCUT2D eigenvalue weighted by Crippen LogP contribution is 2.14. The molecular formula is C11H11N3O3. The van der Waals surface area contributed by atoms with Crippen LogP contribution in [0.4, 0.5) is 11.4 Å². The van der Waals surface area contributed by atoms with Crippen molar-refractivity contribution in [1.29, 1.82) is 0 Å². The minimum Gasteiger partial charge on any atom is -0.484 e. The summed E-state index contributed by atoms with van der Waals surface area (Å²) in [6.07, 6.45) is 2.73. The van der Waals surface area contributed by atoms with E-state index < -0.39 is 0 Å². The number of nitrogens with two attached hydrogens (primary N) is 1. The van der Waals surface area contributed by atoms with Crippen LogP contribution < -0.4 is 15.8 Å². The van der Waals surface area contributed by atoms with Gasteiger partial charge in [0.05, 0.1) is 6.20 Å². The molecule has 1 amide bonds. The van der Waals surface area contributed by atoms with Gasteiger partial charge in [-0.1, -0.05) is 11.2 Å². The van der Waals surface area contributed by atoms with Gasteiger partial charge in [-0.2, -0.15) is 0 Å². The molecule has 0 saturated heterocycles. The second-order valence-corrected chi connectivity index (χ2v) is 3.32. The van der Waals surface area contributed by atoms with Crippen molar-refractivity contribution in [3.8, 4) is 5.75 Å². The number of nitrogen functional groups attached to an aromatic ring is 1. The normalized spacial score (nSPS) is 9.88. The summed E-state index contributed by atoms with van der Waals surface area (Å²) in [7, 11) is 0. The van der Waals surface area contributed by atoms with Gasteiger partial charge in [-0.25, -0.2) is 0 Å². The van der Waals surface area contributed by atoms with Crippen LogP contribution in [0.3, 0.4) is 0 Å². The highest BCUT2D eigenvalue weighted by Gasteiger charge is 2.04. The first kappa shape index (κ1) is 11.0. The summed E-state index contributed by atoms with van der Waals surface area (Å²) in [6.45, 7) is -0.103. The van der Waals surface area contributed by atoms with Crippen LogP contribution in [-0.2, 0) is 4.79 Å². The van der Waals surface area contributed by atoms with Crippen molar-refractivity contribution in [2.24, 2.45) is 0 Å². The van der Waals surface area contributed by atoms with Crippen LogP contribution >= 0.6 is 0 Å². The Morgan fingerprint density at radius 1 is 1.53 bits per heavy atom. The van der Waals surface area contributed by atoms with Crippen molar-refractivity contribution in [1.82, 2.24) is 5.16 Å². The molecule has 0 atom stereocenters. The molecule has 0 saturated carbocycles. The average Bonchev–Trinajstić information content (AvgIpc) is 2.79. The molecule has 0 bridgehead atoms. The predicted octanol–water partition coefficient (Wildman–Crippen LogP) is 1.27. The number of nitrogens with zero attached hydrogens (tertiary/aromatic N) is 1. The van der Waals surface area contributed by atoms with Crippen LogP contribution in [0.1, 0.15) is 0 Å². The van der Waals surface area contributed by atoms with Crippen molar-refractivity contribution in [2.75, 3.05) is 17.7 Å². The first-order chi connectivity index (χ1) is 8.24. The Balaban J connectivity index is 1.84. The Labute approximate surface area is 97.3 Å². The zero-order valence-corrected chi connectivity index (χ0v) is 8.92. The zero-order chi connectivity index (χ0) is 12.1. The van der Waals surface area contributed by atoms with Gasteiger partial charge in [-0.3, -0.25) is 4.79 Å². The van der Waals surface area contributed by atoms with Crippen LogP contribution in [0.15, 0.2) is 41.2 Å². The molecule has 0 aliphatic heterocycles. The number of ether oxygens (including phenoxy) is 1. The maximum Gasteiger partial charge on any atom is 0.262 e.